The van der Waals surface area contributed by atoms with Crippen LogP contribution in [-0.2, 0) is 0 Å². The Morgan fingerprint density at radius 1 is 1.25 bits per heavy atom. The minimum Gasteiger partial charge on any atom is -0.396 e. The van der Waals surface area contributed by atoms with E-state index in [1.807, 2.05) is 6.92 Å². The second-order valence-corrected chi connectivity index (χ2v) is 4.28. The first kappa shape index (κ1) is 10.0. The van der Waals surface area contributed by atoms with E-state index in [1.54, 1.807) is 0 Å². The topological polar surface area (TPSA) is 40.5 Å². The molecular weight excluding hydrogens is 152 g/mol. The molecule has 72 valence electrons. The number of rotatable bonds is 3. The summed E-state index contributed by atoms with van der Waals surface area (Å²) in [4.78, 5) is 0. The lowest BCUT2D eigenvalue weighted by molar-refractivity contribution is -0.0217. The van der Waals surface area contributed by atoms with Gasteiger partial charge in [0.1, 0.15) is 0 Å². The summed E-state index contributed by atoms with van der Waals surface area (Å²) in [5.74, 6) is 0.244. The quantitative estimate of drug-likeness (QED) is 0.680. The Morgan fingerprint density at radius 2 is 1.83 bits per heavy atom. The molecule has 2 nitrogen and oxygen atoms in total. The summed E-state index contributed by atoms with van der Waals surface area (Å²) in [6.07, 6.45) is 6.18. The molecule has 0 saturated heterocycles. The Balaban J connectivity index is 2.35. The first-order valence-corrected chi connectivity index (χ1v) is 4.99. The Morgan fingerprint density at radius 3 is 2.33 bits per heavy atom. The summed E-state index contributed by atoms with van der Waals surface area (Å²) in [5.41, 5.74) is -0.458. The van der Waals surface area contributed by atoms with E-state index in [-0.39, 0.29) is 12.5 Å². The van der Waals surface area contributed by atoms with Gasteiger partial charge < -0.3 is 10.2 Å². The molecule has 0 aromatic carbocycles. The second kappa shape index (κ2) is 4.24. The molecule has 0 unspecified atom stereocenters. The van der Waals surface area contributed by atoms with Crippen molar-refractivity contribution in [1.82, 2.24) is 0 Å². The molecule has 12 heavy (non-hydrogen) atoms. The van der Waals surface area contributed by atoms with E-state index in [0.717, 1.165) is 32.1 Å². The zero-order valence-electron chi connectivity index (χ0n) is 7.92. The highest BCUT2D eigenvalue weighted by molar-refractivity contribution is 4.83. The number of aliphatic hydroxyl groups is 2. The largest absolute Gasteiger partial charge is 0.396 e. The highest BCUT2D eigenvalue weighted by Crippen LogP contribution is 2.32. The van der Waals surface area contributed by atoms with Gasteiger partial charge >= 0.3 is 0 Å². The van der Waals surface area contributed by atoms with Crippen molar-refractivity contribution in [3.05, 3.63) is 0 Å². The zero-order valence-corrected chi connectivity index (χ0v) is 7.92. The van der Waals surface area contributed by atoms with Crippen molar-refractivity contribution in [3.63, 3.8) is 0 Å². The van der Waals surface area contributed by atoms with Crippen molar-refractivity contribution in [2.45, 2.75) is 51.0 Å². The highest BCUT2D eigenvalue weighted by atomic mass is 16.3. The molecule has 2 N–H and O–H groups in total. The Hall–Kier alpha value is -0.0800. The summed E-state index contributed by atoms with van der Waals surface area (Å²) >= 11 is 0. The van der Waals surface area contributed by atoms with Crippen LogP contribution < -0.4 is 0 Å². The van der Waals surface area contributed by atoms with Gasteiger partial charge in [0.15, 0.2) is 0 Å². The van der Waals surface area contributed by atoms with Gasteiger partial charge in [0.25, 0.3) is 0 Å². The average molecular weight is 172 g/mol. The standard InChI is InChI=1S/C10H20O2/c1-9(8-11)7-10(12)5-3-2-4-6-10/h9,11-12H,2-8H2,1H3/t9-/m0/s1. The molecule has 0 aromatic heterocycles. The maximum Gasteiger partial charge on any atom is 0.0651 e. The number of hydrogen-bond acceptors (Lipinski definition) is 2. The molecule has 0 spiro atoms. The van der Waals surface area contributed by atoms with Crippen LogP contribution in [0.25, 0.3) is 0 Å². The van der Waals surface area contributed by atoms with Gasteiger partial charge in [0.2, 0.25) is 0 Å². The van der Waals surface area contributed by atoms with E-state index >= 15 is 0 Å². The summed E-state index contributed by atoms with van der Waals surface area (Å²) in [5, 5.41) is 18.9. The van der Waals surface area contributed by atoms with Gasteiger partial charge in [-0.1, -0.05) is 26.2 Å². The Labute approximate surface area is 74.6 Å². The van der Waals surface area contributed by atoms with Crippen molar-refractivity contribution in [2.24, 2.45) is 5.92 Å². The molecule has 0 bridgehead atoms. The van der Waals surface area contributed by atoms with Gasteiger partial charge in [-0.05, 0) is 25.2 Å². The molecule has 0 heterocycles. The van der Waals surface area contributed by atoms with Crippen LogP contribution in [0.1, 0.15) is 45.4 Å². The summed E-state index contributed by atoms with van der Waals surface area (Å²) in [6.45, 7) is 2.19. The van der Waals surface area contributed by atoms with Crippen LogP contribution >= 0.6 is 0 Å². The van der Waals surface area contributed by atoms with Crippen molar-refractivity contribution >= 4 is 0 Å². The van der Waals surface area contributed by atoms with Crippen molar-refractivity contribution in [3.8, 4) is 0 Å². The lowest BCUT2D eigenvalue weighted by atomic mass is 9.79. The van der Waals surface area contributed by atoms with Crippen molar-refractivity contribution < 1.29 is 10.2 Å². The molecule has 2 heteroatoms. The summed E-state index contributed by atoms with van der Waals surface area (Å²) in [6, 6.07) is 0. The molecule has 0 aliphatic heterocycles. The molecule has 0 amide bonds. The second-order valence-electron chi connectivity index (χ2n) is 4.28. The fourth-order valence-corrected chi connectivity index (χ4v) is 2.13. The molecule has 1 rings (SSSR count). The molecule has 1 fully saturated rings. The van der Waals surface area contributed by atoms with Crippen LogP contribution in [0.3, 0.4) is 0 Å². The molecule has 0 aromatic rings. The van der Waals surface area contributed by atoms with Crippen LogP contribution in [0.5, 0.6) is 0 Å². The van der Waals surface area contributed by atoms with Crippen LogP contribution in [0, 0.1) is 5.92 Å². The normalized spacial score (nSPS) is 25.2. The van der Waals surface area contributed by atoms with E-state index in [2.05, 4.69) is 0 Å². The fourth-order valence-electron chi connectivity index (χ4n) is 2.13. The maximum atomic E-state index is 10.1. The third kappa shape index (κ3) is 2.76. The average Bonchev–Trinajstić information content (AvgIpc) is 2.05. The van der Waals surface area contributed by atoms with Crippen LogP contribution in [0.15, 0.2) is 0 Å². The maximum absolute atomic E-state index is 10.1. The van der Waals surface area contributed by atoms with E-state index < -0.39 is 5.60 Å². The first-order chi connectivity index (χ1) is 5.66. The molecule has 1 aliphatic rings. The van der Waals surface area contributed by atoms with Crippen LogP contribution in [-0.4, -0.2) is 22.4 Å². The van der Waals surface area contributed by atoms with Gasteiger partial charge in [-0.15, -0.1) is 0 Å². The van der Waals surface area contributed by atoms with E-state index in [9.17, 15) is 5.11 Å². The molecule has 1 atom stereocenters. The number of hydrogen-bond donors (Lipinski definition) is 2. The highest BCUT2D eigenvalue weighted by Gasteiger charge is 2.30. The van der Waals surface area contributed by atoms with Gasteiger partial charge in [0.05, 0.1) is 5.60 Å². The predicted octanol–water partition coefficient (Wildman–Crippen LogP) is 1.70. The summed E-state index contributed by atoms with van der Waals surface area (Å²) < 4.78 is 0. The van der Waals surface area contributed by atoms with Gasteiger partial charge in [-0.2, -0.15) is 0 Å². The third-order valence-corrected chi connectivity index (χ3v) is 2.82. The first-order valence-electron chi connectivity index (χ1n) is 4.99. The lowest BCUT2D eigenvalue weighted by Gasteiger charge is -2.33. The van der Waals surface area contributed by atoms with E-state index in [4.69, 9.17) is 5.11 Å². The van der Waals surface area contributed by atoms with Crippen LogP contribution in [0.4, 0.5) is 0 Å². The van der Waals surface area contributed by atoms with Crippen LogP contribution in [0.2, 0.25) is 0 Å². The van der Waals surface area contributed by atoms with E-state index in [1.165, 1.54) is 6.42 Å². The smallest absolute Gasteiger partial charge is 0.0651 e. The van der Waals surface area contributed by atoms with Crippen molar-refractivity contribution in [2.75, 3.05) is 6.61 Å². The number of aliphatic hydroxyl groups excluding tert-OH is 1. The zero-order chi connectivity index (χ0) is 9.03. The fraction of sp³-hybridized carbons (Fsp3) is 1.00. The van der Waals surface area contributed by atoms with Crippen molar-refractivity contribution in [1.29, 1.82) is 0 Å². The third-order valence-electron chi connectivity index (χ3n) is 2.82. The molecule has 0 radical (unpaired) electrons. The minimum absolute atomic E-state index is 0.197. The monoisotopic (exact) mass is 172 g/mol. The van der Waals surface area contributed by atoms with Gasteiger partial charge in [-0.3, -0.25) is 0 Å². The SMILES string of the molecule is C[C@H](CO)CC1(O)CCCCC1. The molecule has 1 aliphatic carbocycles. The van der Waals surface area contributed by atoms with E-state index in [0.29, 0.717) is 0 Å². The summed E-state index contributed by atoms with van der Waals surface area (Å²) in [7, 11) is 0. The van der Waals surface area contributed by atoms with Gasteiger partial charge in [0, 0.05) is 6.61 Å². The Bertz CT molecular complexity index is 128. The predicted molar refractivity (Wildman–Crippen MR) is 48.9 cm³/mol. The van der Waals surface area contributed by atoms with Gasteiger partial charge in [-0.25, -0.2) is 0 Å². The molecular formula is C10H20O2. The Kier molecular flexibility index (Phi) is 3.53. The molecule has 1 saturated carbocycles. The lowest BCUT2D eigenvalue weighted by Crippen LogP contribution is -2.33. The minimum atomic E-state index is -0.458.